The minimum Gasteiger partial charge on any atom is -0.345 e. The highest BCUT2D eigenvalue weighted by Crippen LogP contribution is 2.26. The van der Waals surface area contributed by atoms with Crippen LogP contribution >= 0.6 is 0 Å². The van der Waals surface area contributed by atoms with Gasteiger partial charge in [0.2, 0.25) is 10.0 Å². The Labute approximate surface area is 203 Å². The van der Waals surface area contributed by atoms with Crippen molar-refractivity contribution in [2.45, 2.75) is 53.6 Å². The van der Waals surface area contributed by atoms with Crippen LogP contribution in [0.15, 0.2) is 60.7 Å². The molecule has 0 heterocycles. The Kier molecular flexibility index (Phi) is 7.82. The number of carbonyl (C=O) groups is 1. The second-order valence-corrected chi connectivity index (χ2v) is 10.9. The molecular weight excluding hydrogens is 444 g/mol. The van der Waals surface area contributed by atoms with E-state index in [0.29, 0.717) is 11.3 Å². The van der Waals surface area contributed by atoms with Gasteiger partial charge in [0.15, 0.2) is 0 Å². The third-order valence-electron chi connectivity index (χ3n) is 6.22. The van der Waals surface area contributed by atoms with Crippen LogP contribution in [0.3, 0.4) is 0 Å². The van der Waals surface area contributed by atoms with Crippen molar-refractivity contribution in [3.8, 4) is 0 Å². The molecule has 3 aromatic rings. The molecule has 0 bridgehead atoms. The Balaban J connectivity index is 1.78. The molecule has 0 aliphatic heterocycles. The first kappa shape index (κ1) is 25.5. The fraction of sp³-hybridized carbons (Fsp3) is 0.321. The molecule has 1 N–H and O–H groups in total. The highest BCUT2D eigenvalue weighted by molar-refractivity contribution is 7.92. The number of carbonyl (C=O) groups excluding carboxylic acids is 1. The summed E-state index contributed by atoms with van der Waals surface area (Å²) in [6.07, 6.45) is 2.00. The van der Waals surface area contributed by atoms with Crippen LogP contribution in [0.5, 0.6) is 0 Å². The van der Waals surface area contributed by atoms with Gasteiger partial charge in [0.25, 0.3) is 5.91 Å². The van der Waals surface area contributed by atoms with Gasteiger partial charge >= 0.3 is 0 Å². The van der Waals surface area contributed by atoms with Gasteiger partial charge in [-0.25, -0.2) is 8.42 Å². The summed E-state index contributed by atoms with van der Waals surface area (Å²) in [6, 6.07) is 19.1. The molecule has 0 aliphatic carbocycles. The number of anilines is 1. The summed E-state index contributed by atoms with van der Waals surface area (Å²) in [5.74, 6) is -0.147. The Morgan fingerprint density at radius 3 is 2.12 bits per heavy atom. The summed E-state index contributed by atoms with van der Waals surface area (Å²) in [7, 11) is -3.48. The highest BCUT2D eigenvalue weighted by atomic mass is 32.2. The molecule has 0 spiro atoms. The van der Waals surface area contributed by atoms with E-state index in [0.717, 1.165) is 28.7 Å². The van der Waals surface area contributed by atoms with E-state index < -0.39 is 10.0 Å². The molecule has 5 nitrogen and oxygen atoms in total. The second-order valence-electron chi connectivity index (χ2n) is 9.03. The van der Waals surface area contributed by atoms with Crippen molar-refractivity contribution in [3.63, 3.8) is 0 Å². The molecule has 0 aliphatic rings. The number of nitrogens with one attached hydrogen (secondary N) is 1. The maximum Gasteiger partial charge on any atom is 0.251 e. The van der Waals surface area contributed by atoms with Crippen LogP contribution in [0.25, 0.3) is 0 Å². The van der Waals surface area contributed by atoms with E-state index >= 15 is 0 Å². The van der Waals surface area contributed by atoms with Gasteiger partial charge < -0.3 is 5.32 Å². The summed E-state index contributed by atoms with van der Waals surface area (Å²) < 4.78 is 26.6. The predicted octanol–water partition coefficient (Wildman–Crippen LogP) is 5.77. The number of amides is 1. The largest absolute Gasteiger partial charge is 0.345 e. The van der Waals surface area contributed by atoms with Gasteiger partial charge in [-0.05, 0) is 85.7 Å². The van der Waals surface area contributed by atoms with Crippen LogP contribution in [0.4, 0.5) is 5.69 Å². The van der Waals surface area contributed by atoms with Crippen molar-refractivity contribution in [1.29, 1.82) is 0 Å². The van der Waals surface area contributed by atoms with Gasteiger partial charge in [-0.2, -0.15) is 0 Å². The van der Waals surface area contributed by atoms with Crippen LogP contribution in [0.2, 0.25) is 0 Å². The molecule has 34 heavy (non-hydrogen) atoms. The van der Waals surface area contributed by atoms with Gasteiger partial charge in [0.05, 0.1) is 24.5 Å². The molecule has 180 valence electrons. The lowest BCUT2D eigenvalue weighted by Gasteiger charge is -2.25. The Morgan fingerprint density at radius 1 is 0.882 bits per heavy atom. The number of hydrogen-bond acceptors (Lipinski definition) is 3. The lowest BCUT2D eigenvalue weighted by Crippen LogP contribution is -2.30. The molecule has 0 fully saturated rings. The van der Waals surface area contributed by atoms with Crippen LogP contribution in [-0.2, 0) is 16.6 Å². The Morgan fingerprint density at radius 2 is 1.53 bits per heavy atom. The minimum atomic E-state index is -3.48. The molecule has 1 atom stereocenters. The summed E-state index contributed by atoms with van der Waals surface area (Å²) >= 11 is 0. The zero-order valence-corrected chi connectivity index (χ0v) is 21.7. The average molecular weight is 479 g/mol. The van der Waals surface area contributed by atoms with Crippen molar-refractivity contribution in [2.75, 3.05) is 10.6 Å². The first-order valence-electron chi connectivity index (χ1n) is 11.5. The number of hydrogen-bond donors (Lipinski definition) is 1. The van der Waals surface area contributed by atoms with Crippen molar-refractivity contribution in [1.82, 2.24) is 5.32 Å². The van der Waals surface area contributed by atoms with Gasteiger partial charge in [-0.15, -0.1) is 0 Å². The summed E-state index contributed by atoms with van der Waals surface area (Å²) in [5, 5.41) is 3.12. The molecule has 1 unspecified atom stereocenters. The zero-order valence-electron chi connectivity index (χ0n) is 20.8. The molecular formula is C28H34N2O3S. The van der Waals surface area contributed by atoms with Gasteiger partial charge in [0, 0.05) is 5.56 Å². The lowest BCUT2D eigenvalue weighted by atomic mass is 9.99. The Bertz CT molecular complexity index is 1280. The average Bonchev–Trinajstić information content (AvgIpc) is 2.79. The van der Waals surface area contributed by atoms with Crippen LogP contribution in [0.1, 0.15) is 63.1 Å². The highest BCUT2D eigenvalue weighted by Gasteiger charge is 2.20. The van der Waals surface area contributed by atoms with Crippen molar-refractivity contribution in [3.05, 3.63) is 99.6 Å². The van der Waals surface area contributed by atoms with E-state index in [2.05, 4.69) is 44.3 Å². The molecule has 3 aromatic carbocycles. The zero-order chi connectivity index (χ0) is 25.0. The first-order valence-corrected chi connectivity index (χ1v) is 13.4. The summed E-state index contributed by atoms with van der Waals surface area (Å²) in [4.78, 5) is 12.9. The van der Waals surface area contributed by atoms with Gasteiger partial charge in [0.1, 0.15) is 0 Å². The van der Waals surface area contributed by atoms with Crippen molar-refractivity contribution < 1.29 is 13.2 Å². The topological polar surface area (TPSA) is 66.5 Å². The SMILES string of the molecule is CCC(NC(=O)c1ccc(CN(c2cc(C)ccc2C)S(C)(=O)=O)cc1)c1ccc(C)c(C)c1. The molecule has 1 amide bonds. The smallest absolute Gasteiger partial charge is 0.251 e. The number of aryl methyl sites for hydroxylation is 4. The maximum atomic E-state index is 12.9. The quantitative estimate of drug-likeness (QED) is 0.447. The fourth-order valence-electron chi connectivity index (χ4n) is 3.94. The molecule has 0 aromatic heterocycles. The van der Waals surface area contributed by atoms with Crippen molar-refractivity contribution in [2.24, 2.45) is 0 Å². The monoisotopic (exact) mass is 478 g/mol. The number of sulfonamides is 1. The predicted molar refractivity (Wildman–Crippen MR) is 140 cm³/mol. The summed E-state index contributed by atoms with van der Waals surface area (Å²) in [6.45, 7) is 10.2. The van der Waals surface area contributed by atoms with Crippen LogP contribution < -0.4 is 9.62 Å². The Hall–Kier alpha value is -3.12. The number of rotatable bonds is 8. The van der Waals surface area contributed by atoms with E-state index in [1.807, 2.05) is 44.2 Å². The van der Waals surface area contributed by atoms with Gasteiger partial charge in [-0.1, -0.05) is 49.4 Å². The van der Waals surface area contributed by atoms with E-state index in [1.165, 1.54) is 21.7 Å². The van der Waals surface area contributed by atoms with Crippen molar-refractivity contribution >= 4 is 21.6 Å². The van der Waals surface area contributed by atoms with Crippen LogP contribution in [0, 0.1) is 27.7 Å². The minimum absolute atomic E-state index is 0.0727. The number of nitrogens with zero attached hydrogens (tertiary/aromatic N) is 1. The first-order chi connectivity index (χ1) is 16.0. The standard InChI is InChI=1S/C28H34N2O3S/c1-7-26(25-13-10-20(3)22(5)17-25)29-28(31)24-14-11-23(12-15-24)18-30(34(6,32)33)27-16-19(2)8-9-21(27)4/h8-17,26H,7,18H2,1-6H3,(H,29,31). The molecule has 3 rings (SSSR count). The third kappa shape index (κ3) is 6.06. The lowest BCUT2D eigenvalue weighted by molar-refractivity contribution is 0.0935. The maximum absolute atomic E-state index is 12.9. The van der Waals surface area contributed by atoms with E-state index in [-0.39, 0.29) is 18.5 Å². The fourth-order valence-corrected chi connectivity index (χ4v) is 4.88. The van der Waals surface area contributed by atoms with E-state index in [9.17, 15) is 13.2 Å². The molecule has 0 radical (unpaired) electrons. The van der Waals surface area contributed by atoms with Gasteiger partial charge in [-0.3, -0.25) is 9.10 Å². The normalized spacial score (nSPS) is 12.3. The van der Waals surface area contributed by atoms with E-state index in [1.54, 1.807) is 12.1 Å². The second kappa shape index (κ2) is 10.4. The van der Waals surface area contributed by atoms with Crippen LogP contribution in [-0.4, -0.2) is 20.6 Å². The molecule has 0 saturated heterocycles. The molecule has 6 heteroatoms. The molecule has 0 saturated carbocycles. The van der Waals surface area contributed by atoms with E-state index in [4.69, 9.17) is 0 Å². The summed E-state index contributed by atoms with van der Waals surface area (Å²) in [5.41, 5.74) is 7.43. The third-order valence-corrected chi connectivity index (χ3v) is 7.35. The number of benzene rings is 3.